The molecule has 1 amide bonds. The van der Waals surface area contributed by atoms with Crippen LogP contribution in [0.5, 0.6) is 0 Å². The van der Waals surface area contributed by atoms with Gasteiger partial charge in [-0.1, -0.05) is 6.07 Å². The number of para-hydroxylation sites is 1. The summed E-state index contributed by atoms with van der Waals surface area (Å²) < 4.78 is 2.25. The van der Waals surface area contributed by atoms with Gasteiger partial charge in [-0.15, -0.1) is 0 Å². The fourth-order valence-electron chi connectivity index (χ4n) is 3.68. The SMILES string of the molecule is NC1CCC(c2nc3cccc4c3n2CCNC4=O)CC1. The first-order valence-electron chi connectivity index (χ1n) is 7.77. The maximum absolute atomic E-state index is 12.2. The Morgan fingerprint density at radius 2 is 2.05 bits per heavy atom. The number of imidazole rings is 1. The van der Waals surface area contributed by atoms with Crippen molar-refractivity contribution >= 4 is 16.9 Å². The number of amides is 1. The van der Waals surface area contributed by atoms with Crippen molar-refractivity contribution in [2.75, 3.05) is 6.54 Å². The Morgan fingerprint density at radius 1 is 1.24 bits per heavy atom. The Hall–Kier alpha value is -1.88. The van der Waals surface area contributed by atoms with E-state index in [-0.39, 0.29) is 5.91 Å². The molecule has 2 aromatic rings. The highest BCUT2D eigenvalue weighted by Crippen LogP contribution is 2.34. The first kappa shape index (κ1) is 12.8. The summed E-state index contributed by atoms with van der Waals surface area (Å²) in [5.74, 6) is 1.62. The molecule has 0 atom stereocenters. The van der Waals surface area contributed by atoms with Crippen molar-refractivity contribution in [3.05, 3.63) is 29.6 Å². The van der Waals surface area contributed by atoms with Crippen molar-refractivity contribution in [2.24, 2.45) is 5.73 Å². The van der Waals surface area contributed by atoms with Crippen LogP contribution in [0, 0.1) is 0 Å². The summed E-state index contributed by atoms with van der Waals surface area (Å²) in [5, 5.41) is 2.97. The topological polar surface area (TPSA) is 72.9 Å². The van der Waals surface area contributed by atoms with Crippen LogP contribution in [0.3, 0.4) is 0 Å². The zero-order valence-electron chi connectivity index (χ0n) is 12.0. The van der Waals surface area contributed by atoms with E-state index in [0.29, 0.717) is 18.5 Å². The average molecular weight is 284 g/mol. The Morgan fingerprint density at radius 3 is 2.86 bits per heavy atom. The van der Waals surface area contributed by atoms with Gasteiger partial charge >= 0.3 is 0 Å². The zero-order valence-corrected chi connectivity index (χ0v) is 12.0. The number of nitrogens with one attached hydrogen (secondary N) is 1. The van der Waals surface area contributed by atoms with Crippen LogP contribution in [0.4, 0.5) is 0 Å². The van der Waals surface area contributed by atoms with Crippen LogP contribution in [0.1, 0.15) is 47.8 Å². The minimum Gasteiger partial charge on any atom is -0.350 e. The molecule has 0 radical (unpaired) electrons. The maximum Gasteiger partial charge on any atom is 0.253 e. The minimum absolute atomic E-state index is 0.0106. The lowest BCUT2D eigenvalue weighted by Crippen LogP contribution is -2.27. The minimum atomic E-state index is 0.0106. The average Bonchev–Trinajstić information content (AvgIpc) is 2.77. The van der Waals surface area contributed by atoms with E-state index < -0.39 is 0 Å². The van der Waals surface area contributed by atoms with Crippen molar-refractivity contribution in [1.82, 2.24) is 14.9 Å². The molecule has 1 aromatic heterocycles. The van der Waals surface area contributed by atoms with Crippen LogP contribution in [-0.2, 0) is 6.54 Å². The molecule has 4 rings (SSSR count). The first-order chi connectivity index (χ1) is 10.2. The van der Waals surface area contributed by atoms with Gasteiger partial charge in [-0.05, 0) is 37.8 Å². The second-order valence-corrected chi connectivity index (χ2v) is 6.16. The number of hydrogen-bond donors (Lipinski definition) is 2. The molecule has 1 saturated carbocycles. The Labute approximate surface area is 123 Å². The normalized spacial score (nSPS) is 25.7. The van der Waals surface area contributed by atoms with Crippen LogP contribution in [0.25, 0.3) is 11.0 Å². The predicted octanol–water partition coefficient (Wildman–Crippen LogP) is 1.76. The molecule has 0 saturated heterocycles. The number of benzene rings is 1. The fraction of sp³-hybridized carbons (Fsp3) is 0.500. The largest absolute Gasteiger partial charge is 0.350 e. The third-order valence-electron chi connectivity index (χ3n) is 4.80. The number of nitrogens with two attached hydrogens (primary N) is 1. The van der Waals surface area contributed by atoms with E-state index in [9.17, 15) is 4.79 Å². The smallest absolute Gasteiger partial charge is 0.253 e. The molecule has 5 heteroatoms. The van der Waals surface area contributed by atoms with Crippen LogP contribution in [-0.4, -0.2) is 28.0 Å². The highest BCUT2D eigenvalue weighted by molar-refractivity contribution is 6.05. The lowest BCUT2D eigenvalue weighted by atomic mass is 9.86. The Bertz CT molecular complexity index is 698. The highest BCUT2D eigenvalue weighted by atomic mass is 16.1. The van der Waals surface area contributed by atoms with Crippen molar-refractivity contribution < 1.29 is 4.79 Å². The van der Waals surface area contributed by atoms with Gasteiger partial charge in [-0.2, -0.15) is 0 Å². The lowest BCUT2D eigenvalue weighted by molar-refractivity contribution is 0.0956. The number of carbonyl (C=O) groups excluding carboxylic acids is 1. The van der Waals surface area contributed by atoms with E-state index in [4.69, 9.17) is 10.7 Å². The molecule has 1 aromatic carbocycles. The van der Waals surface area contributed by atoms with Gasteiger partial charge in [0.25, 0.3) is 5.91 Å². The van der Waals surface area contributed by atoms with E-state index in [1.807, 2.05) is 18.2 Å². The molecule has 110 valence electrons. The van der Waals surface area contributed by atoms with Gasteiger partial charge in [0.05, 0.1) is 16.6 Å². The number of rotatable bonds is 1. The summed E-state index contributed by atoms with van der Waals surface area (Å²) in [6.07, 6.45) is 4.33. The summed E-state index contributed by atoms with van der Waals surface area (Å²) in [6.45, 7) is 1.47. The van der Waals surface area contributed by atoms with Crippen molar-refractivity contribution in [3.8, 4) is 0 Å². The number of carbonyl (C=O) groups is 1. The molecule has 21 heavy (non-hydrogen) atoms. The molecule has 0 unspecified atom stereocenters. The van der Waals surface area contributed by atoms with Crippen LogP contribution in [0.15, 0.2) is 18.2 Å². The molecular formula is C16H20N4O. The molecule has 3 N–H and O–H groups in total. The lowest BCUT2D eigenvalue weighted by Gasteiger charge is -2.26. The monoisotopic (exact) mass is 284 g/mol. The maximum atomic E-state index is 12.2. The van der Waals surface area contributed by atoms with Crippen LogP contribution >= 0.6 is 0 Å². The molecule has 2 heterocycles. The van der Waals surface area contributed by atoms with E-state index in [0.717, 1.165) is 54.6 Å². The van der Waals surface area contributed by atoms with Gasteiger partial charge in [0.1, 0.15) is 5.82 Å². The van der Waals surface area contributed by atoms with Gasteiger partial charge in [-0.3, -0.25) is 4.79 Å². The number of aromatic nitrogens is 2. The van der Waals surface area contributed by atoms with E-state index >= 15 is 0 Å². The molecule has 0 bridgehead atoms. The number of nitrogens with zero attached hydrogens (tertiary/aromatic N) is 2. The summed E-state index contributed by atoms with van der Waals surface area (Å²) in [5.41, 5.74) is 8.70. The van der Waals surface area contributed by atoms with E-state index in [1.165, 1.54) is 0 Å². The van der Waals surface area contributed by atoms with Gasteiger partial charge in [-0.25, -0.2) is 4.98 Å². The summed E-state index contributed by atoms with van der Waals surface area (Å²) >= 11 is 0. The molecule has 2 aliphatic rings. The second-order valence-electron chi connectivity index (χ2n) is 6.16. The highest BCUT2D eigenvalue weighted by Gasteiger charge is 2.27. The summed E-state index contributed by atoms with van der Waals surface area (Å²) in [4.78, 5) is 17.0. The molecule has 1 aliphatic heterocycles. The van der Waals surface area contributed by atoms with E-state index in [2.05, 4.69) is 9.88 Å². The van der Waals surface area contributed by atoms with Crippen molar-refractivity contribution in [3.63, 3.8) is 0 Å². The van der Waals surface area contributed by atoms with E-state index in [1.54, 1.807) is 0 Å². The van der Waals surface area contributed by atoms with Crippen molar-refractivity contribution in [1.29, 1.82) is 0 Å². The standard InChI is InChI=1S/C16H20N4O/c17-11-6-4-10(5-7-11)15-19-13-3-1-2-12-14(13)20(15)9-8-18-16(12)21/h1-3,10-11H,4-9,17H2,(H,18,21). The number of hydrogen-bond acceptors (Lipinski definition) is 3. The quantitative estimate of drug-likeness (QED) is 0.838. The zero-order chi connectivity index (χ0) is 14.4. The molecule has 1 fully saturated rings. The fourth-order valence-corrected chi connectivity index (χ4v) is 3.68. The molecule has 0 spiro atoms. The predicted molar refractivity (Wildman–Crippen MR) is 81.3 cm³/mol. The third-order valence-corrected chi connectivity index (χ3v) is 4.80. The molecule has 5 nitrogen and oxygen atoms in total. The van der Waals surface area contributed by atoms with Gasteiger partial charge in [0.15, 0.2) is 0 Å². The first-order valence-corrected chi connectivity index (χ1v) is 7.77. The summed E-state index contributed by atoms with van der Waals surface area (Å²) in [7, 11) is 0. The molecule has 1 aliphatic carbocycles. The van der Waals surface area contributed by atoms with Gasteiger partial charge < -0.3 is 15.6 Å². The Balaban J connectivity index is 1.85. The van der Waals surface area contributed by atoms with Gasteiger partial charge in [0, 0.05) is 25.0 Å². The Kier molecular flexibility index (Phi) is 2.96. The van der Waals surface area contributed by atoms with Crippen molar-refractivity contribution in [2.45, 2.75) is 44.2 Å². The van der Waals surface area contributed by atoms with Gasteiger partial charge in [0.2, 0.25) is 0 Å². The van der Waals surface area contributed by atoms with Crippen LogP contribution < -0.4 is 11.1 Å². The van der Waals surface area contributed by atoms with Crippen LogP contribution in [0.2, 0.25) is 0 Å². The molecular weight excluding hydrogens is 264 g/mol. The second kappa shape index (κ2) is 4.84. The summed E-state index contributed by atoms with van der Waals surface area (Å²) in [6, 6.07) is 6.15. The third kappa shape index (κ3) is 2.03.